The van der Waals surface area contributed by atoms with Crippen molar-refractivity contribution in [2.75, 3.05) is 6.61 Å². The van der Waals surface area contributed by atoms with Gasteiger partial charge in [0.25, 0.3) is 0 Å². The van der Waals surface area contributed by atoms with Gasteiger partial charge in [-0.3, -0.25) is 0 Å². The summed E-state index contributed by atoms with van der Waals surface area (Å²) in [6.07, 6.45) is 5.25. The third-order valence-electron chi connectivity index (χ3n) is 3.98. The highest BCUT2D eigenvalue weighted by atomic mass is 16.5. The van der Waals surface area contributed by atoms with E-state index < -0.39 is 6.10 Å². The summed E-state index contributed by atoms with van der Waals surface area (Å²) in [7, 11) is 0. The van der Waals surface area contributed by atoms with E-state index in [0.29, 0.717) is 6.10 Å². The summed E-state index contributed by atoms with van der Waals surface area (Å²) < 4.78 is 11.2. The number of rotatable bonds is 5. The molecule has 1 fully saturated rings. The van der Waals surface area contributed by atoms with Gasteiger partial charge in [-0.2, -0.15) is 0 Å². The number of aliphatic hydroxyl groups excluding tert-OH is 1. The molecule has 0 aliphatic carbocycles. The number of furan rings is 1. The largest absolute Gasteiger partial charge is 0.466 e. The minimum atomic E-state index is -0.399. The molecule has 3 heteroatoms. The van der Waals surface area contributed by atoms with Crippen LogP contribution < -0.4 is 0 Å². The number of aliphatic hydroxyl groups is 1. The van der Waals surface area contributed by atoms with Gasteiger partial charge in [0.05, 0.1) is 12.2 Å². The molecule has 0 spiro atoms. The predicted molar refractivity (Wildman–Crippen MR) is 70.7 cm³/mol. The Balaban J connectivity index is 1.85. The summed E-state index contributed by atoms with van der Waals surface area (Å²) in [4.78, 5) is 0. The van der Waals surface area contributed by atoms with Gasteiger partial charge in [-0.25, -0.2) is 0 Å². The maximum atomic E-state index is 10.3. The van der Waals surface area contributed by atoms with Crippen molar-refractivity contribution in [2.24, 2.45) is 0 Å². The molecule has 2 heterocycles. The van der Waals surface area contributed by atoms with Gasteiger partial charge in [0, 0.05) is 12.2 Å². The van der Waals surface area contributed by atoms with Gasteiger partial charge in [-0.05, 0) is 58.4 Å². The Hall–Kier alpha value is -0.800. The molecule has 1 aromatic heterocycles. The van der Waals surface area contributed by atoms with Gasteiger partial charge in [-0.15, -0.1) is 0 Å². The molecule has 1 saturated heterocycles. The maximum absolute atomic E-state index is 10.3. The Labute approximate surface area is 109 Å². The first-order chi connectivity index (χ1) is 8.59. The zero-order valence-corrected chi connectivity index (χ0v) is 11.7. The summed E-state index contributed by atoms with van der Waals surface area (Å²) in [6, 6.07) is 0. The predicted octanol–water partition coefficient (Wildman–Crippen LogP) is 3.59. The molecule has 0 aromatic carbocycles. The van der Waals surface area contributed by atoms with Crippen molar-refractivity contribution in [3.8, 4) is 0 Å². The molecule has 1 aliphatic rings. The number of hydrogen-bond donors (Lipinski definition) is 1. The van der Waals surface area contributed by atoms with Gasteiger partial charge in [0.15, 0.2) is 0 Å². The maximum Gasteiger partial charge on any atom is 0.107 e. The van der Waals surface area contributed by atoms with Crippen LogP contribution in [0.4, 0.5) is 0 Å². The number of ether oxygens (including phenoxy) is 1. The zero-order valence-electron chi connectivity index (χ0n) is 11.7. The van der Waals surface area contributed by atoms with E-state index in [1.54, 1.807) is 0 Å². The van der Waals surface area contributed by atoms with E-state index in [0.717, 1.165) is 48.5 Å². The first-order valence-corrected chi connectivity index (χ1v) is 6.95. The Bertz CT molecular complexity index is 389. The molecule has 1 aliphatic heterocycles. The van der Waals surface area contributed by atoms with Crippen LogP contribution in [0.15, 0.2) is 4.42 Å². The van der Waals surface area contributed by atoms with Gasteiger partial charge < -0.3 is 14.3 Å². The second-order valence-corrected chi connectivity index (χ2v) is 5.33. The second kappa shape index (κ2) is 5.89. The fourth-order valence-electron chi connectivity index (χ4n) is 2.85. The molecule has 18 heavy (non-hydrogen) atoms. The van der Waals surface area contributed by atoms with Gasteiger partial charge in [0.2, 0.25) is 0 Å². The Morgan fingerprint density at radius 3 is 2.61 bits per heavy atom. The highest BCUT2D eigenvalue weighted by Crippen LogP contribution is 2.30. The first-order valence-electron chi connectivity index (χ1n) is 6.95. The molecule has 0 saturated carbocycles. The highest BCUT2D eigenvalue weighted by Gasteiger charge is 2.20. The minimum Gasteiger partial charge on any atom is -0.466 e. The average molecular weight is 252 g/mol. The molecule has 0 radical (unpaired) electrons. The topological polar surface area (TPSA) is 42.6 Å². The summed E-state index contributed by atoms with van der Waals surface area (Å²) in [5.41, 5.74) is 2.08. The Kier molecular flexibility index (Phi) is 4.46. The number of aryl methyl sites for hydroxylation is 2. The first kappa shape index (κ1) is 13.6. The molecule has 1 aromatic rings. The van der Waals surface area contributed by atoms with Crippen LogP contribution in [0, 0.1) is 20.8 Å². The van der Waals surface area contributed by atoms with E-state index in [-0.39, 0.29) is 0 Å². The Morgan fingerprint density at radius 2 is 2.06 bits per heavy atom. The second-order valence-electron chi connectivity index (χ2n) is 5.33. The fraction of sp³-hybridized carbons (Fsp3) is 0.733. The van der Waals surface area contributed by atoms with E-state index in [2.05, 4.69) is 0 Å². The number of hydrogen-bond acceptors (Lipinski definition) is 3. The van der Waals surface area contributed by atoms with Crippen LogP contribution >= 0.6 is 0 Å². The fourth-order valence-corrected chi connectivity index (χ4v) is 2.85. The van der Waals surface area contributed by atoms with Crippen molar-refractivity contribution in [3.05, 3.63) is 22.6 Å². The average Bonchev–Trinajstić information content (AvgIpc) is 2.89. The minimum absolute atomic E-state index is 0.399. The molecule has 2 rings (SSSR count). The molecule has 2 atom stereocenters. The summed E-state index contributed by atoms with van der Waals surface area (Å²) in [5.74, 6) is 1.77. The monoisotopic (exact) mass is 252 g/mol. The molecule has 3 nitrogen and oxygen atoms in total. The van der Waals surface area contributed by atoms with Crippen molar-refractivity contribution < 1.29 is 14.3 Å². The Morgan fingerprint density at radius 1 is 1.28 bits per heavy atom. The molecular formula is C15H24O3. The molecule has 0 bridgehead atoms. The lowest BCUT2D eigenvalue weighted by Crippen LogP contribution is -2.06. The molecular weight excluding hydrogens is 228 g/mol. The lowest BCUT2D eigenvalue weighted by Gasteiger charge is -2.13. The van der Waals surface area contributed by atoms with Crippen molar-refractivity contribution in [3.63, 3.8) is 0 Å². The van der Waals surface area contributed by atoms with Crippen molar-refractivity contribution in [1.29, 1.82) is 0 Å². The lowest BCUT2D eigenvalue weighted by molar-refractivity contribution is 0.0942. The van der Waals surface area contributed by atoms with Gasteiger partial charge in [-0.1, -0.05) is 0 Å². The third-order valence-corrected chi connectivity index (χ3v) is 3.98. The van der Waals surface area contributed by atoms with Crippen LogP contribution in [0.2, 0.25) is 0 Å². The van der Waals surface area contributed by atoms with Crippen LogP contribution in [0.3, 0.4) is 0 Å². The summed E-state index contributed by atoms with van der Waals surface area (Å²) in [5, 5.41) is 10.3. The van der Waals surface area contributed by atoms with Crippen LogP contribution in [0.5, 0.6) is 0 Å². The van der Waals surface area contributed by atoms with Crippen LogP contribution in [-0.4, -0.2) is 17.8 Å². The molecule has 102 valence electrons. The van der Waals surface area contributed by atoms with Crippen LogP contribution in [0.1, 0.15) is 60.9 Å². The normalized spacial score (nSPS) is 21.4. The van der Waals surface area contributed by atoms with Crippen molar-refractivity contribution in [1.82, 2.24) is 0 Å². The smallest absolute Gasteiger partial charge is 0.107 e. The van der Waals surface area contributed by atoms with E-state index in [4.69, 9.17) is 9.15 Å². The third kappa shape index (κ3) is 2.96. The van der Waals surface area contributed by atoms with E-state index in [1.807, 2.05) is 20.8 Å². The highest BCUT2D eigenvalue weighted by molar-refractivity contribution is 5.33. The van der Waals surface area contributed by atoms with Crippen LogP contribution in [0.25, 0.3) is 0 Å². The van der Waals surface area contributed by atoms with Gasteiger partial charge >= 0.3 is 0 Å². The van der Waals surface area contributed by atoms with Crippen molar-refractivity contribution >= 4 is 0 Å². The lowest BCUT2D eigenvalue weighted by atomic mass is 9.98. The zero-order chi connectivity index (χ0) is 13.1. The summed E-state index contributed by atoms with van der Waals surface area (Å²) >= 11 is 0. The van der Waals surface area contributed by atoms with Crippen molar-refractivity contribution in [2.45, 2.75) is 65.1 Å². The summed E-state index contributed by atoms with van der Waals surface area (Å²) in [6.45, 7) is 6.81. The standard InChI is InChI=1S/C15H24O3/c1-10-11(2)18-12(3)15(10)14(16)8-4-6-13-7-5-9-17-13/h13-14,16H,4-9H2,1-3H3. The SMILES string of the molecule is Cc1oc(C)c(C(O)CCCC2CCCO2)c1C. The van der Waals surface area contributed by atoms with E-state index in [1.165, 1.54) is 12.8 Å². The van der Waals surface area contributed by atoms with E-state index in [9.17, 15) is 5.11 Å². The van der Waals surface area contributed by atoms with Crippen LogP contribution in [-0.2, 0) is 4.74 Å². The molecule has 2 unspecified atom stereocenters. The quantitative estimate of drug-likeness (QED) is 0.870. The van der Waals surface area contributed by atoms with Gasteiger partial charge in [0.1, 0.15) is 11.5 Å². The van der Waals surface area contributed by atoms with E-state index >= 15 is 0 Å². The molecule has 1 N–H and O–H groups in total. The molecule has 0 amide bonds.